The number of primary amides is 1. The van der Waals surface area contributed by atoms with Gasteiger partial charge in [-0.2, -0.15) is 0 Å². The van der Waals surface area contributed by atoms with E-state index in [4.69, 9.17) is 5.73 Å². The Balaban J connectivity index is 1.45. The summed E-state index contributed by atoms with van der Waals surface area (Å²) in [6, 6.07) is 11.5. The topological polar surface area (TPSA) is 105 Å². The molecular weight excluding hydrogens is 416 g/mol. The first-order chi connectivity index (χ1) is 15.9. The molecule has 2 aromatic rings. The van der Waals surface area contributed by atoms with Gasteiger partial charge in [-0.25, -0.2) is 0 Å². The second kappa shape index (κ2) is 9.86. The fourth-order valence-electron chi connectivity index (χ4n) is 4.62. The summed E-state index contributed by atoms with van der Waals surface area (Å²) in [6.45, 7) is 0.574. The van der Waals surface area contributed by atoms with Crippen molar-refractivity contribution >= 4 is 17.7 Å². The molecule has 33 heavy (non-hydrogen) atoms. The Kier molecular flexibility index (Phi) is 6.74. The van der Waals surface area contributed by atoms with Gasteiger partial charge in [-0.1, -0.05) is 61.4 Å². The predicted molar refractivity (Wildman–Crippen MR) is 124 cm³/mol. The van der Waals surface area contributed by atoms with Crippen molar-refractivity contribution in [2.45, 2.75) is 50.0 Å². The molecule has 1 aromatic carbocycles. The summed E-state index contributed by atoms with van der Waals surface area (Å²) in [5.41, 5.74) is 6.67. The molecule has 1 aliphatic carbocycles. The van der Waals surface area contributed by atoms with Gasteiger partial charge in [0.1, 0.15) is 5.54 Å². The summed E-state index contributed by atoms with van der Waals surface area (Å²) in [4.78, 5) is 42.6. The summed E-state index contributed by atoms with van der Waals surface area (Å²) in [5.74, 6) is 5.67. The van der Waals surface area contributed by atoms with E-state index in [9.17, 15) is 14.4 Å². The van der Waals surface area contributed by atoms with Gasteiger partial charge >= 0.3 is 0 Å². The minimum Gasteiger partial charge on any atom is -0.366 e. The van der Waals surface area contributed by atoms with Gasteiger partial charge in [0.2, 0.25) is 17.7 Å². The van der Waals surface area contributed by atoms with Crippen molar-refractivity contribution in [2.75, 3.05) is 13.1 Å². The molecule has 4 rings (SSSR count). The van der Waals surface area contributed by atoms with E-state index in [1.54, 1.807) is 17.2 Å². The first kappa shape index (κ1) is 22.5. The van der Waals surface area contributed by atoms with E-state index in [0.717, 1.165) is 37.7 Å². The first-order valence-electron chi connectivity index (χ1n) is 11.4. The van der Waals surface area contributed by atoms with Crippen molar-refractivity contribution in [1.82, 2.24) is 15.2 Å². The Morgan fingerprint density at radius 3 is 2.64 bits per heavy atom. The van der Waals surface area contributed by atoms with Crippen LogP contribution in [0.5, 0.6) is 0 Å². The number of rotatable bonds is 5. The molecule has 1 aliphatic heterocycles. The van der Waals surface area contributed by atoms with E-state index < -0.39 is 11.4 Å². The number of amides is 3. The fourth-order valence-corrected chi connectivity index (χ4v) is 4.62. The molecule has 7 heteroatoms. The zero-order valence-corrected chi connectivity index (χ0v) is 18.5. The van der Waals surface area contributed by atoms with Crippen LogP contribution in [0.4, 0.5) is 0 Å². The molecule has 2 fully saturated rings. The average molecular weight is 445 g/mol. The number of hydrogen-bond acceptors (Lipinski definition) is 4. The lowest BCUT2D eigenvalue weighted by molar-refractivity contribution is -0.133. The van der Waals surface area contributed by atoms with E-state index >= 15 is 0 Å². The van der Waals surface area contributed by atoms with Gasteiger partial charge in [-0.3, -0.25) is 19.4 Å². The van der Waals surface area contributed by atoms with Crippen LogP contribution in [0.1, 0.15) is 65.9 Å². The lowest BCUT2D eigenvalue weighted by Gasteiger charge is -2.34. The van der Waals surface area contributed by atoms with Crippen LogP contribution in [0, 0.1) is 11.8 Å². The molecule has 0 radical (unpaired) electrons. The Morgan fingerprint density at radius 2 is 1.91 bits per heavy atom. The van der Waals surface area contributed by atoms with Crippen molar-refractivity contribution in [1.29, 1.82) is 0 Å². The maximum atomic E-state index is 13.0. The van der Waals surface area contributed by atoms with Crippen LogP contribution in [0.15, 0.2) is 48.8 Å². The van der Waals surface area contributed by atoms with Crippen LogP contribution < -0.4 is 11.1 Å². The van der Waals surface area contributed by atoms with Crippen LogP contribution in [0.25, 0.3) is 0 Å². The van der Waals surface area contributed by atoms with Crippen molar-refractivity contribution in [2.24, 2.45) is 5.73 Å². The number of carbonyl (C=O) groups excluding carboxylic acids is 3. The Morgan fingerprint density at radius 1 is 1.15 bits per heavy atom. The Hall–Kier alpha value is -3.66. The molecule has 7 nitrogen and oxygen atoms in total. The van der Waals surface area contributed by atoms with Crippen molar-refractivity contribution in [3.05, 3.63) is 65.5 Å². The predicted octanol–water partition coefficient (Wildman–Crippen LogP) is 2.37. The highest BCUT2D eigenvalue weighted by molar-refractivity contribution is 5.92. The van der Waals surface area contributed by atoms with Crippen molar-refractivity contribution in [3.8, 4) is 11.8 Å². The third-order valence-corrected chi connectivity index (χ3v) is 6.37. The van der Waals surface area contributed by atoms with Gasteiger partial charge in [-0.15, -0.1) is 0 Å². The molecule has 0 spiro atoms. The lowest BCUT2D eigenvalue weighted by Crippen LogP contribution is -2.52. The van der Waals surface area contributed by atoms with E-state index in [2.05, 4.69) is 22.1 Å². The summed E-state index contributed by atoms with van der Waals surface area (Å²) in [5, 5.41) is 3.12. The average Bonchev–Trinajstić information content (AvgIpc) is 3.19. The third-order valence-electron chi connectivity index (χ3n) is 6.37. The van der Waals surface area contributed by atoms with Crippen molar-refractivity contribution in [3.63, 3.8) is 0 Å². The molecule has 0 bridgehead atoms. The Labute approximate surface area is 193 Å². The second-order valence-electron chi connectivity index (χ2n) is 8.85. The van der Waals surface area contributed by atoms with Gasteiger partial charge < -0.3 is 16.0 Å². The Bertz CT molecular complexity index is 1100. The highest BCUT2D eigenvalue weighted by atomic mass is 16.2. The van der Waals surface area contributed by atoms with Crippen LogP contribution in [0.3, 0.4) is 0 Å². The number of aromatic nitrogens is 1. The molecule has 2 heterocycles. The monoisotopic (exact) mass is 444 g/mol. The largest absolute Gasteiger partial charge is 0.366 e. The number of pyridine rings is 1. The number of hydrogen-bond donors (Lipinski definition) is 2. The normalized spacial score (nSPS) is 19.5. The minimum absolute atomic E-state index is 0.00266. The molecule has 1 saturated carbocycles. The number of nitrogens with one attached hydrogen (secondary N) is 1. The van der Waals surface area contributed by atoms with Crippen LogP contribution in [-0.2, 0) is 9.59 Å². The standard InChI is InChI=1S/C26H28N4O3/c27-25(33)21-13-19(15-28-16-21)9-12-26(10-5-2-6-11-26)29-23(31)18-30-17-22(14-24(30)32)20-7-3-1-4-8-20/h1,3-4,7-8,13,15-16,22H,2,5-6,10-11,14,17-18H2,(H2,27,33)(H,29,31). The highest BCUT2D eigenvalue weighted by Crippen LogP contribution is 2.29. The second-order valence-corrected chi connectivity index (χ2v) is 8.85. The third kappa shape index (κ3) is 5.58. The maximum absolute atomic E-state index is 13.0. The van der Waals surface area contributed by atoms with E-state index in [-0.39, 0.29) is 24.3 Å². The lowest BCUT2D eigenvalue weighted by atomic mass is 9.82. The zero-order chi connectivity index (χ0) is 23.3. The molecule has 1 atom stereocenters. The van der Waals surface area contributed by atoms with Crippen LogP contribution in [-0.4, -0.2) is 46.2 Å². The molecule has 3 N–H and O–H groups in total. The van der Waals surface area contributed by atoms with Gasteiger partial charge in [0.15, 0.2) is 0 Å². The summed E-state index contributed by atoms with van der Waals surface area (Å²) in [6.07, 6.45) is 7.92. The number of benzene rings is 1. The van der Waals surface area contributed by atoms with E-state index in [1.165, 1.54) is 6.20 Å². The summed E-state index contributed by atoms with van der Waals surface area (Å²) in [7, 11) is 0. The van der Waals surface area contributed by atoms with E-state index in [0.29, 0.717) is 24.1 Å². The van der Waals surface area contributed by atoms with Crippen molar-refractivity contribution < 1.29 is 14.4 Å². The molecule has 1 unspecified atom stereocenters. The zero-order valence-electron chi connectivity index (χ0n) is 18.5. The van der Waals surface area contributed by atoms with Gasteiger partial charge in [0, 0.05) is 36.8 Å². The SMILES string of the molecule is NC(=O)c1cncc(C#CC2(NC(=O)CN3CC(c4ccccc4)CC3=O)CCCCC2)c1. The summed E-state index contributed by atoms with van der Waals surface area (Å²) >= 11 is 0. The molecule has 1 aromatic heterocycles. The summed E-state index contributed by atoms with van der Waals surface area (Å²) < 4.78 is 0. The van der Waals surface area contributed by atoms with E-state index in [1.807, 2.05) is 30.3 Å². The van der Waals surface area contributed by atoms with Gasteiger partial charge in [-0.05, 0) is 24.5 Å². The smallest absolute Gasteiger partial charge is 0.250 e. The molecule has 2 aliphatic rings. The number of carbonyl (C=O) groups is 3. The molecule has 170 valence electrons. The van der Waals surface area contributed by atoms with Gasteiger partial charge in [0.05, 0.1) is 12.1 Å². The van der Waals surface area contributed by atoms with Gasteiger partial charge in [0.25, 0.3) is 0 Å². The minimum atomic E-state index is -0.653. The first-order valence-corrected chi connectivity index (χ1v) is 11.4. The van der Waals surface area contributed by atoms with Crippen LogP contribution >= 0.6 is 0 Å². The fraction of sp³-hybridized carbons (Fsp3) is 0.385. The molecule has 3 amide bonds. The molecular formula is C26H28N4O3. The maximum Gasteiger partial charge on any atom is 0.250 e. The quantitative estimate of drug-likeness (QED) is 0.691. The number of likely N-dealkylation sites (tertiary alicyclic amines) is 1. The highest BCUT2D eigenvalue weighted by Gasteiger charge is 2.35. The number of nitrogens with two attached hydrogens (primary N) is 1. The van der Waals surface area contributed by atoms with Crippen LogP contribution in [0.2, 0.25) is 0 Å². The number of nitrogens with zero attached hydrogens (tertiary/aromatic N) is 2. The molecule has 1 saturated heterocycles.